The Morgan fingerprint density at radius 2 is 1.24 bits per heavy atom. The number of halogens is 9. The molecule has 0 aromatic rings. The van der Waals surface area contributed by atoms with E-state index in [0.717, 1.165) is 0 Å². The maximum absolute atomic E-state index is 12.0. The predicted molar refractivity (Wildman–Crippen MR) is 39.8 cm³/mol. The smallest absolute Gasteiger partial charge is 0.388 e. The van der Waals surface area contributed by atoms with Crippen LogP contribution < -0.4 is 0 Å². The molecule has 0 heterocycles. The van der Waals surface area contributed by atoms with E-state index in [0.29, 0.717) is 0 Å². The number of ether oxygens (including phenoxy) is 1. The Bertz CT molecular complexity index is 212. The van der Waals surface area contributed by atoms with Crippen molar-refractivity contribution in [3.63, 3.8) is 0 Å². The molecule has 0 saturated carbocycles. The molecule has 106 valence electrons. The van der Waals surface area contributed by atoms with Gasteiger partial charge in [-0.2, -0.15) is 30.7 Å². The monoisotopic (exact) mass is 280 g/mol. The molecule has 0 aromatic heterocycles. The standard InChI is InChI=1S/C5H3F9.C2H6O/c6-1-3(8,9)4(10,11)2(7)5(12,13)14;1-3-2/h2H,1H2;1-2H3. The summed E-state index contributed by atoms with van der Waals surface area (Å²) in [5, 5.41) is 0. The molecule has 0 rings (SSSR count). The Kier molecular flexibility index (Phi) is 6.94. The first kappa shape index (κ1) is 18.7. The molecular formula is C7H9F9O. The zero-order valence-electron chi connectivity index (χ0n) is 8.59. The van der Waals surface area contributed by atoms with Crippen molar-refractivity contribution < 1.29 is 44.3 Å². The largest absolute Gasteiger partial charge is 0.425 e. The van der Waals surface area contributed by atoms with E-state index in [9.17, 15) is 39.5 Å². The highest BCUT2D eigenvalue weighted by atomic mass is 19.4. The lowest BCUT2D eigenvalue weighted by Gasteiger charge is -2.27. The fourth-order valence-electron chi connectivity index (χ4n) is 0.480. The van der Waals surface area contributed by atoms with Gasteiger partial charge in [0.2, 0.25) is 0 Å². The summed E-state index contributed by atoms with van der Waals surface area (Å²) in [5.41, 5.74) is 0. The Labute approximate surface area is 90.5 Å². The lowest BCUT2D eigenvalue weighted by Crippen LogP contribution is -2.54. The molecular weight excluding hydrogens is 271 g/mol. The predicted octanol–water partition coefficient (Wildman–Crippen LogP) is 3.39. The summed E-state index contributed by atoms with van der Waals surface area (Å²) < 4.78 is 109. The maximum Gasteiger partial charge on any atom is 0.425 e. The van der Waals surface area contributed by atoms with Crippen molar-refractivity contribution in [2.75, 3.05) is 20.9 Å². The molecule has 17 heavy (non-hydrogen) atoms. The fraction of sp³-hybridized carbons (Fsp3) is 1.00. The Balaban J connectivity index is 0. The van der Waals surface area contributed by atoms with Crippen LogP contribution in [0.2, 0.25) is 0 Å². The topological polar surface area (TPSA) is 9.23 Å². The SMILES string of the molecule is COC.FCC(F)(F)C(F)(F)C(F)C(F)(F)F. The minimum Gasteiger partial charge on any atom is -0.388 e. The molecule has 0 saturated heterocycles. The van der Waals surface area contributed by atoms with Gasteiger partial charge in [0.1, 0.15) is 0 Å². The van der Waals surface area contributed by atoms with Gasteiger partial charge in [-0.05, 0) is 0 Å². The van der Waals surface area contributed by atoms with Crippen LogP contribution in [0.4, 0.5) is 39.5 Å². The van der Waals surface area contributed by atoms with Crippen LogP contribution in [-0.4, -0.2) is 45.1 Å². The van der Waals surface area contributed by atoms with Crippen molar-refractivity contribution >= 4 is 0 Å². The Morgan fingerprint density at radius 1 is 0.941 bits per heavy atom. The third-order valence-corrected chi connectivity index (χ3v) is 1.26. The molecule has 1 nitrogen and oxygen atoms in total. The molecule has 0 bridgehead atoms. The van der Waals surface area contributed by atoms with Gasteiger partial charge >= 0.3 is 18.0 Å². The molecule has 0 N–H and O–H groups in total. The highest BCUT2D eigenvalue weighted by molar-refractivity contribution is 4.94. The van der Waals surface area contributed by atoms with Crippen molar-refractivity contribution in [1.29, 1.82) is 0 Å². The molecule has 0 aromatic carbocycles. The average molecular weight is 280 g/mol. The van der Waals surface area contributed by atoms with Crippen LogP contribution in [0.5, 0.6) is 0 Å². The van der Waals surface area contributed by atoms with Gasteiger partial charge in [-0.15, -0.1) is 0 Å². The molecule has 0 spiro atoms. The molecule has 0 amide bonds. The summed E-state index contributed by atoms with van der Waals surface area (Å²) in [6, 6.07) is 0. The van der Waals surface area contributed by atoms with E-state index in [1.807, 2.05) is 0 Å². The summed E-state index contributed by atoms with van der Waals surface area (Å²) >= 11 is 0. The van der Waals surface area contributed by atoms with E-state index in [1.54, 1.807) is 14.2 Å². The second kappa shape index (κ2) is 6.31. The quantitative estimate of drug-likeness (QED) is 0.720. The summed E-state index contributed by atoms with van der Waals surface area (Å²) in [6.45, 7) is -3.07. The van der Waals surface area contributed by atoms with Crippen LogP contribution in [0.3, 0.4) is 0 Å². The van der Waals surface area contributed by atoms with Crippen LogP contribution >= 0.6 is 0 Å². The van der Waals surface area contributed by atoms with E-state index >= 15 is 0 Å². The normalized spacial score (nSPS) is 15.0. The van der Waals surface area contributed by atoms with Crippen molar-refractivity contribution in [2.24, 2.45) is 0 Å². The van der Waals surface area contributed by atoms with Gasteiger partial charge in [0, 0.05) is 14.2 Å². The lowest BCUT2D eigenvalue weighted by molar-refractivity contribution is -0.308. The van der Waals surface area contributed by atoms with E-state index in [-0.39, 0.29) is 0 Å². The van der Waals surface area contributed by atoms with Crippen molar-refractivity contribution in [3.8, 4) is 0 Å². The highest BCUT2D eigenvalue weighted by Crippen LogP contribution is 2.44. The minimum absolute atomic E-state index is 1.62. The lowest BCUT2D eigenvalue weighted by atomic mass is 10.1. The zero-order valence-corrected chi connectivity index (χ0v) is 8.59. The first-order valence-electron chi connectivity index (χ1n) is 3.81. The van der Waals surface area contributed by atoms with Crippen LogP contribution in [0.1, 0.15) is 0 Å². The van der Waals surface area contributed by atoms with E-state index < -0.39 is 30.9 Å². The number of rotatable bonds is 3. The van der Waals surface area contributed by atoms with Crippen molar-refractivity contribution in [2.45, 2.75) is 24.2 Å². The van der Waals surface area contributed by atoms with Gasteiger partial charge in [-0.1, -0.05) is 0 Å². The van der Waals surface area contributed by atoms with Crippen LogP contribution in [0.15, 0.2) is 0 Å². The molecule has 1 unspecified atom stereocenters. The third kappa shape index (κ3) is 5.00. The minimum atomic E-state index is -6.16. The van der Waals surface area contributed by atoms with E-state index in [2.05, 4.69) is 4.74 Å². The molecule has 0 aliphatic carbocycles. The van der Waals surface area contributed by atoms with Gasteiger partial charge in [0.15, 0.2) is 6.67 Å². The third-order valence-electron chi connectivity index (χ3n) is 1.26. The Morgan fingerprint density at radius 3 is 1.41 bits per heavy atom. The van der Waals surface area contributed by atoms with Gasteiger partial charge in [-0.3, -0.25) is 0 Å². The first-order chi connectivity index (χ1) is 7.38. The molecule has 10 heteroatoms. The van der Waals surface area contributed by atoms with Gasteiger partial charge in [0.25, 0.3) is 6.17 Å². The highest BCUT2D eigenvalue weighted by Gasteiger charge is 2.69. The second-order valence-electron chi connectivity index (χ2n) is 2.77. The molecule has 0 radical (unpaired) electrons. The van der Waals surface area contributed by atoms with Gasteiger partial charge < -0.3 is 4.74 Å². The van der Waals surface area contributed by atoms with Gasteiger partial charge in [-0.25, -0.2) is 8.78 Å². The summed E-state index contributed by atoms with van der Waals surface area (Å²) in [4.78, 5) is 0. The number of hydrogen-bond acceptors (Lipinski definition) is 1. The molecule has 0 aliphatic rings. The molecule has 1 atom stereocenters. The van der Waals surface area contributed by atoms with Crippen LogP contribution in [-0.2, 0) is 4.74 Å². The second-order valence-corrected chi connectivity index (χ2v) is 2.77. The maximum atomic E-state index is 12.0. The summed E-state index contributed by atoms with van der Waals surface area (Å²) in [7, 11) is 3.25. The number of methoxy groups -OCH3 is 1. The number of hydrogen-bond donors (Lipinski definition) is 0. The zero-order chi connectivity index (χ0) is 14.5. The fourth-order valence-corrected chi connectivity index (χ4v) is 0.480. The summed E-state index contributed by atoms with van der Waals surface area (Å²) in [6.07, 6.45) is -11.3. The van der Waals surface area contributed by atoms with Crippen molar-refractivity contribution in [3.05, 3.63) is 0 Å². The average Bonchev–Trinajstić information content (AvgIpc) is 2.16. The van der Waals surface area contributed by atoms with Crippen LogP contribution in [0.25, 0.3) is 0 Å². The summed E-state index contributed by atoms with van der Waals surface area (Å²) in [5.74, 6) is -11.8. The van der Waals surface area contributed by atoms with E-state index in [1.165, 1.54) is 0 Å². The van der Waals surface area contributed by atoms with Crippen LogP contribution in [0, 0.1) is 0 Å². The molecule has 0 fully saturated rings. The molecule has 0 aliphatic heterocycles. The van der Waals surface area contributed by atoms with Gasteiger partial charge in [0.05, 0.1) is 0 Å². The van der Waals surface area contributed by atoms with Crippen molar-refractivity contribution in [1.82, 2.24) is 0 Å². The first-order valence-corrected chi connectivity index (χ1v) is 3.81. The number of alkyl halides is 9. The Hall–Kier alpha value is -0.670. The van der Waals surface area contributed by atoms with E-state index in [4.69, 9.17) is 0 Å².